The highest BCUT2D eigenvalue weighted by atomic mass is 15.2. The number of nitrogens with zero attached hydrogens (tertiary/aromatic N) is 3. The average Bonchev–Trinajstić information content (AvgIpc) is 2.73. The smallest absolute Gasteiger partial charge is 0.204 e. The van der Waals surface area contributed by atoms with Gasteiger partial charge in [0, 0.05) is 18.6 Å². The van der Waals surface area contributed by atoms with Crippen molar-refractivity contribution in [3.05, 3.63) is 41.7 Å². The fourth-order valence-electron chi connectivity index (χ4n) is 4.16. The zero-order chi connectivity index (χ0) is 16.6. The van der Waals surface area contributed by atoms with E-state index in [9.17, 15) is 0 Å². The Morgan fingerprint density at radius 3 is 2.57 bits per heavy atom. The summed E-state index contributed by atoms with van der Waals surface area (Å²) in [4.78, 5) is 0. The molecule has 0 N–H and O–H groups in total. The lowest BCUT2D eigenvalue weighted by atomic mass is 9.71. The van der Waals surface area contributed by atoms with E-state index in [0.717, 1.165) is 5.69 Å². The third-order valence-electron chi connectivity index (χ3n) is 5.66. The minimum absolute atomic E-state index is 0.183. The average molecular weight is 311 g/mol. The summed E-state index contributed by atoms with van der Waals surface area (Å²) in [5.41, 5.74) is 5.54. The molecule has 3 rings (SSSR count). The second-order valence-corrected chi connectivity index (χ2v) is 7.56. The molecule has 1 atom stereocenters. The standard InChI is InChI=1S/C20H29N3/c1-15-10-12-16(13-11-15)23(5)21-14-19-20(2,3)17-8-6-7-9-18(17)22(19)4/h10-14,17H,6-9H2,1-5H3/q+2. The molecule has 0 spiro atoms. The first-order valence-corrected chi connectivity index (χ1v) is 8.72. The molecule has 23 heavy (non-hydrogen) atoms. The van der Waals surface area contributed by atoms with Crippen LogP contribution in [0.15, 0.2) is 41.3 Å². The van der Waals surface area contributed by atoms with Gasteiger partial charge < -0.3 is 0 Å². The van der Waals surface area contributed by atoms with Crippen LogP contribution in [-0.4, -0.2) is 29.1 Å². The lowest BCUT2D eigenvalue weighted by molar-refractivity contribution is -0.481. The third kappa shape index (κ3) is 2.89. The molecule has 0 amide bonds. The molecule has 1 aromatic carbocycles. The summed E-state index contributed by atoms with van der Waals surface area (Å²) in [7, 11) is 4.24. The number of benzene rings is 1. The van der Waals surface area contributed by atoms with Gasteiger partial charge in [-0.3, -0.25) is 0 Å². The summed E-state index contributed by atoms with van der Waals surface area (Å²) in [5, 5.41) is 4.73. The number of aryl methyl sites for hydroxylation is 1. The van der Waals surface area contributed by atoms with E-state index < -0.39 is 0 Å². The molecule has 1 aliphatic heterocycles. The van der Waals surface area contributed by atoms with Crippen LogP contribution >= 0.6 is 0 Å². The van der Waals surface area contributed by atoms with Crippen molar-refractivity contribution in [1.29, 1.82) is 0 Å². The van der Waals surface area contributed by atoms with Crippen molar-refractivity contribution in [2.75, 3.05) is 14.1 Å². The van der Waals surface area contributed by atoms with E-state index in [-0.39, 0.29) is 5.41 Å². The fraction of sp³-hybridized carbons (Fsp3) is 0.550. The molecule has 122 valence electrons. The quantitative estimate of drug-likeness (QED) is 0.548. The van der Waals surface area contributed by atoms with Crippen LogP contribution in [0.5, 0.6) is 0 Å². The Balaban J connectivity index is 1.93. The fourth-order valence-corrected chi connectivity index (χ4v) is 4.16. The molecule has 1 unspecified atom stereocenters. The zero-order valence-corrected chi connectivity index (χ0v) is 15.1. The second-order valence-electron chi connectivity index (χ2n) is 7.56. The summed E-state index contributed by atoms with van der Waals surface area (Å²) in [6.07, 6.45) is 7.33. The lowest BCUT2D eigenvalue weighted by Crippen LogP contribution is -2.28. The molecule has 2 aliphatic rings. The molecule has 0 saturated heterocycles. The van der Waals surface area contributed by atoms with Crippen molar-refractivity contribution in [1.82, 2.24) is 0 Å². The zero-order valence-electron chi connectivity index (χ0n) is 15.1. The molecule has 3 nitrogen and oxygen atoms in total. The van der Waals surface area contributed by atoms with Gasteiger partial charge in [0.05, 0.1) is 11.3 Å². The predicted molar refractivity (Wildman–Crippen MR) is 94.5 cm³/mol. The van der Waals surface area contributed by atoms with Gasteiger partial charge in [-0.05, 0) is 38.7 Å². The Morgan fingerprint density at radius 2 is 1.91 bits per heavy atom. The first-order chi connectivity index (χ1) is 10.9. The molecule has 0 bridgehead atoms. The molecule has 1 aliphatic carbocycles. The predicted octanol–water partition coefficient (Wildman–Crippen LogP) is 4.88. The molecule has 1 saturated carbocycles. The van der Waals surface area contributed by atoms with Crippen molar-refractivity contribution >= 4 is 11.4 Å². The molecule has 1 heterocycles. The largest absolute Gasteiger partial charge is 0.231 e. The van der Waals surface area contributed by atoms with Crippen LogP contribution in [0, 0.1) is 18.3 Å². The minimum Gasteiger partial charge on any atom is -0.204 e. The summed E-state index contributed by atoms with van der Waals surface area (Å²) in [6, 6.07) is 8.50. The summed E-state index contributed by atoms with van der Waals surface area (Å²) < 4.78 is 4.37. The van der Waals surface area contributed by atoms with E-state index >= 15 is 0 Å². The van der Waals surface area contributed by atoms with Crippen molar-refractivity contribution < 1.29 is 9.27 Å². The van der Waals surface area contributed by atoms with E-state index in [1.165, 1.54) is 36.9 Å². The molecule has 1 fully saturated rings. The Bertz CT molecular complexity index is 690. The first kappa shape index (κ1) is 16.1. The molecular formula is C20H29N3+2. The number of azo groups is 2. The molecule has 3 heteroatoms. The van der Waals surface area contributed by atoms with E-state index in [2.05, 4.69) is 62.9 Å². The lowest BCUT2D eigenvalue weighted by Gasteiger charge is -2.26. The first-order valence-electron chi connectivity index (χ1n) is 8.72. The third-order valence-corrected chi connectivity index (χ3v) is 5.66. The molecule has 0 radical (unpaired) electrons. The van der Waals surface area contributed by atoms with Crippen LogP contribution in [0.25, 0.3) is 0 Å². The van der Waals surface area contributed by atoms with Crippen LogP contribution in [0.4, 0.5) is 5.69 Å². The maximum atomic E-state index is 4.73. The van der Waals surface area contributed by atoms with Gasteiger partial charge in [0.15, 0.2) is 19.0 Å². The number of allylic oxidation sites excluding steroid dienone is 1. The summed E-state index contributed by atoms with van der Waals surface area (Å²) in [6.45, 7) is 6.86. The minimum atomic E-state index is 0.183. The topological polar surface area (TPSA) is 18.4 Å². The summed E-state index contributed by atoms with van der Waals surface area (Å²) >= 11 is 0. The monoisotopic (exact) mass is 311 g/mol. The highest BCUT2D eigenvalue weighted by molar-refractivity contribution is 5.86. The molecular weight excluding hydrogens is 282 g/mol. The van der Waals surface area contributed by atoms with Crippen molar-refractivity contribution in [2.24, 2.45) is 16.4 Å². The van der Waals surface area contributed by atoms with Gasteiger partial charge in [-0.1, -0.05) is 28.8 Å². The van der Waals surface area contributed by atoms with Crippen molar-refractivity contribution in [3.63, 3.8) is 0 Å². The van der Waals surface area contributed by atoms with Crippen LogP contribution < -0.4 is 0 Å². The van der Waals surface area contributed by atoms with E-state index in [1.54, 1.807) is 5.71 Å². The van der Waals surface area contributed by atoms with E-state index in [0.29, 0.717) is 5.92 Å². The Hall–Kier alpha value is -1.77. The Kier molecular flexibility index (Phi) is 4.22. The van der Waals surface area contributed by atoms with Crippen LogP contribution in [0.1, 0.15) is 45.1 Å². The van der Waals surface area contributed by atoms with E-state index in [4.69, 9.17) is 5.11 Å². The van der Waals surface area contributed by atoms with Crippen LogP contribution in [0.3, 0.4) is 0 Å². The number of fused-ring (bicyclic) bond motifs is 1. The highest BCUT2D eigenvalue weighted by Gasteiger charge is 2.51. The normalized spacial score (nSPS) is 25.9. The molecule has 0 aromatic heterocycles. The van der Waals surface area contributed by atoms with Crippen molar-refractivity contribution in [3.8, 4) is 0 Å². The van der Waals surface area contributed by atoms with Gasteiger partial charge in [0.1, 0.15) is 7.05 Å². The van der Waals surface area contributed by atoms with Gasteiger partial charge in [-0.15, -0.1) is 0 Å². The van der Waals surface area contributed by atoms with Gasteiger partial charge in [-0.25, -0.2) is 4.58 Å². The summed E-state index contributed by atoms with van der Waals surface area (Å²) in [5.74, 6) is 0.687. The second kappa shape index (κ2) is 6.03. The van der Waals surface area contributed by atoms with Crippen LogP contribution in [0.2, 0.25) is 0 Å². The Morgan fingerprint density at radius 1 is 1.22 bits per heavy atom. The van der Waals surface area contributed by atoms with Crippen molar-refractivity contribution in [2.45, 2.75) is 46.5 Å². The van der Waals surface area contributed by atoms with Gasteiger partial charge in [-0.2, -0.15) is 0 Å². The highest BCUT2D eigenvalue weighted by Crippen LogP contribution is 2.46. The van der Waals surface area contributed by atoms with Gasteiger partial charge >= 0.3 is 0 Å². The Labute approximate surface area is 140 Å². The number of hydrogen-bond acceptors (Lipinski definition) is 1. The van der Waals surface area contributed by atoms with E-state index in [1.807, 2.05) is 11.7 Å². The van der Waals surface area contributed by atoms with Gasteiger partial charge in [0.2, 0.25) is 11.4 Å². The molecule has 1 aromatic rings. The number of hydrogen-bond donors (Lipinski definition) is 0. The number of rotatable bonds is 2. The van der Waals surface area contributed by atoms with Crippen LogP contribution in [-0.2, 0) is 0 Å². The SMILES string of the molecule is Cc1ccc([N+](C)=NC=C2[N+](C)=C3CCCCC3C2(C)C)cc1. The maximum absolute atomic E-state index is 4.73. The maximum Gasteiger partial charge on any atom is 0.231 e. The van der Waals surface area contributed by atoms with Gasteiger partial charge in [0.25, 0.3) is 0 Å².